The average Bonchev–Trinajstić information content (AvgIpc) is 2.51. The molecular weight excluding hydrogens is 290 g/mol. The van der Waals surface area contributed by atoms with Gasteiger partial charge in [0.05, 0.1) is 5.69 Å². The fraction of sp³-hybridized carbons (Fsp3) is 0.267. The van der Waals surface area contributed by atoms with E-state index in [1.807, 2.05) is 0 Å². The van der Waals surface area contributed by atoms with Crippen molar-refractivity contribution in [3.63, 3.8) is 0 Å². The maximum Gasteiger partial charge on any atom is 0.276 e. The van der Waals surface area contributed by atoms with E-state index in [1.165, 1.54) is 6.07 Å². The van der Waals surface area contributed by atoms with E-state index in [9.17, 15) is 13.6 Å². The van der Waals surface area contributed by atoms with E-state index in [0.29, 0.717) is 11.9 Å². The van der Waals surface area contributed by atoms with Gasteiger partial charge in [-0.15, -0.1) is 10.2 Å². The van der Waals surface area contributed by atoms with Crippen LogP contribution in [-0.2, 0) is 0 Å². The number of halogens is 2. The number of benzene rings is 1. The van der Waals surface area contributed by atoms with Crippen molar-refractivity contribution in [1.82, 2.24) is 10.2 Å². The standard InChI is InChI=1S/C15H16F2N4O/c1-2-3-8-18-14-7-6-13(20-21-14)15(22)19-12-5-4-10(16)9-11(12)17/h4-7,9H,2-3,8H2,1H3,(H,18,21)(H,19,22). The molecule has 2 aromatic rings. The van der Waals surface area contributed by atoms with Crippen LogP contribution < -0.4 is 10.6 Å². The SMILES string of the molecule is CCCCNc1ccc(C(=O)Nc2ccc(F)cc2F)nn1. The monoisotopic (exact) mass is 306 g/mol. The van der Waals surface area contributed by atoms with Gasteiger partial charge in [0, 0.05) is 12.6 Å². The number of unbranched alkanes of at least 4 members (excludes halogenated alkanes) is 1. The highest BCUT2D eigenvalue weighted by Crippen LogP contribution is 2.15. The minimum absolute atomic E-state index is 0.0461. The summed E-state index contributed by atoms with van der Waals surface area (Å²) in [7, 11) is 0. The highest BCUT2D eigenvalue weighted by Gasteiger charge is 2.11. The van der Waals surface area contributed by atoms with Gasteiger partial charge in [-0.25, -0.2) is 8.78 Å². The Morgan fingerprint density at radius 3 is 2.64 bits per heavy atom. The normalized spacial score (nSPS) is 10.3. The molecule has 1 heterocycles. The molecule has 0 aliphatic heterocycles. The lowest BCUT2D eigenvalue weighted by molar-refractivity contribution is 0.102. The lowest BCUT2D eigenvalue weighted by Gasteiger charge is -2.07. The predicted molar refractivity (Wildman–Crippen MR) is 79.7 cm³/mol. The summed E-state index contributed by atoms with van der Waals surface area (Å²) in [5.74, 6) is -1.60. The van der Waals surface area contributed by atoms with Gasteiger partial charge in [0.1, 0.15) is 17.5 Å². The Morgan fingerprint density at radius 1 is 1.18 bits per heavy atom. The third-order valence-electron chi connectivity index (χ3n) is 2.91. The van der Waals surface area contributed by atoms with Crippen LogP contribution in [0.25, 0.3) is 0 Å². The Labute approximate surface area is 126 Å². The highest BCUT2D eigenvalue weighted by molar-refractivity contribution is 6.02. The molecule has 0 aliphatic rings. The molecule has 0 radical (unpaired) electrons. The summed E-state index contributed by atoms with van der Waals surface area (Å²) in [6.45, 7) is 2.85. The van der Waals surface area contributed by atoms with E-state index in [-0.39, 0.29) is 11.4 Å². The van der Waals surface area contributed by atoms with Crippen LogP contribution in [0.4, 0.5) is 20.3 Å². The molecule has 7 heteroatoms. The fourth-order valence-electron chi connectivity index (χ4n) is 1.72. The Hall–Kier alpha value is -2.57. The maximum absolute atomic E-state index is 13.5. The second kappa shape index (κ2) is 7.44. The zero-order chi connectivity index (χ0) is 15.9. The van der Waals surface area contributed by atoms with Crippen LogP contribution in [0.5, 0.6) is 0 Å². The molecule has 0 atom stereocenters. The molecule has 0 fully saturated rings. The van der Waals surface area contributed by atoms with E-state index < -0.39 is 17.5 Å². The lowest BCUT2D eigenvalue weighted by Crippen LogP contribution is -2.16. The Kier molecular flexibility index (Phi) is 5.35. The van der Waals surface area contributed by atoms with Crippen molar-refractivity contribution in [3.05, 3.63) is 47.7 Å². The smallest absolute Gasteiger partial charge is 0.276 e. The summed E-state index contributed by atoms with van der Waals surface area (Å²) in [5, 5.41) is 13.0. The quantitative estimate of drug-likeness (QED) is 0.804. The van der Waals surface area contributed by atoms with Crippen LogP contribution in [0.1, 0.15) is 30.3 Å². The van der Waals surface area contributed by atoms with Crippen LogP contribution in [0.2, 0.25) is 0 Å². The second-order valence-corrected chi connectivity index (χ2v) is 4.66. The molecule has 0 aliphatic carbocycles. The number of nitrogens with zero attached hydrogens (tertiary/aromatic N) is 2. The summed E-state index contributed by atoms with van der Waals surface area (Å²) in [6, 6.07) is 6.01. The molecule has 5 nitrogen and oxygen atoms in total. The van der Waals surface area contributed by atoms with Gasteiger partial charge >= 0.3 is 0 Å². The van der Waals surface area contributed by atoms with Crippen molar-refractivity contribution in [2.24, 2.45) is 0 Å². The van der Waals surface area contributed by atoms with E-state index in [0.717, 1.165) is 31.5 Å². The molecule has 0 spiro atoms. The molecule has 2 N–H and O–H groups in total. The zero-order valence-corrected chi connectivity index (χ0v) is 12.1. The molecule has 1 amide bonds. The van der Waals surface area contributed by atoms with Gasteiger partial charge in [-0.2, -0.15) is 0 Å². The van der Waals surface area contributed by atoms with Crippen LogP contribution >= 0.6 is 0 Å². The minimum atomic E-state index is -0.848. The van der Waals surface area contributed by atoms with Crippen molar-refractivity contribution in [2.45, 2.75) is 19.8 Å². The van der Waals surface area contributed by atoms with Gasteiger partial charge in [0.2, 0.25) is 0 Å². The van der Waals surface area contributed by atoms with Crippen LogP contribution in [-0.4, -0.2) is 22.6 Å². The first-order valence-electron chi connectivity index (χ1n) is 6.94. The molecule has 1 aromatic heterocycles. The first kappa shape index (κ1) is 15.8. The minimum Gasteiger partial charge on any atom is -0.369 e. The van der Waals surface area contributed by atoms with Crippen LogP contribution in [0.15, 0.2) is 30.3 Å². The van der Waals surface area contributed by atoms with Gasteiger partial charge in [-0.1, -0.05) is 13.3 Å². The fourth-order valence-corrected chi connectivity index (χ4v) is 1.72. The largest absolute Gasteiger partial charge is 0.369 e. The summed E-state index contributed by atoms with van der Waals surface area (Å²) >= 11 is 0. The zero-order valence-electron chi connectivity index (χ0n) is 12.1. The number of hydrogen-bond donors (Lipinski definition) is 2. The molecule has 116 valence electrons. The number of amides is 1. The van der Waals surface area contributed by atoms with Gasteiger partial charge in [0.25, 0.3) is 5.91 Å². The Morgan fingerprint density at radius 2 is 2.00 bits per heavy atom. The molecule has 1 aromatic carbocycles. The van der Waals surface area contributed by atoms with Crippen molar-refractivity contribution in [3.8, 4) is 0 Å². The van der Waals surface area contributed by atoms with Gasteiger partial charge in [0.15, 0.2) is 5.69 Å². The summed E-state index contributed by atoms with van der Waals surface area (Å²) in [6.07, 6.45) is 2.07. The van der Waals surface area contributed by atoms with Crippen molar-refractivity contribution in [1.29, 1.82) is 0 Å². The highest BCUT2D eigenvalue weighted by atomic mass is 19.1. The van der Waals surface area contributed by atoms with Crippen molar-refractivity contribution < 1.29 is 13.6 Å². The molecule has 2 rings (SSSR count). The number of hydrogen-bond acceptors (Lipinski definition) is 4. The number of carbonyl (C=O) groups excluding carboxylic acids is 1. The van der Waals surface area contributed by atoms with Crippen LogP contribution in [0, 0.1) is 11.6 Å². The summed E-state index contributed by atoms with van der Waals surface area (Å²) in [5.41, 5.74) is -0.0666. The molecule has 0 unspecified atom stereocenters. The van der Waals surface area contributed by atoms with E-state index in [4.69, 9.17) is 0 Å². The average molecular weight is 306 g/mol. The number of anilines is 2. The van der Waals surface area contributed by atoms with Crippen LogP contribution in [0.3, 0.4) is 0 Å². The number of aromatic nitrogens is 2. The van der Waals surface area contributed by atoms with Gasteiger partial charge in [-0.3, -0.25) is 4.79 Å². The van der Waals surface area contributed by atoms with Crippen molar-refractivity contribution in [2.75, 3.05) is 17.2 Å². The number of nitrogens with one attached hydrogen (secondary N) is 2. The lowest BCUT2D eigenvalue weighted by atomic mass is 10.2. The van der Waals surface area contributed by atoms with Gasteiger partial charge in [-0.05, 0) is 30.7 Å². The number of rotatable bonds is 6. The Bertz CT molecular complexity index is 646. The molecule has 0 saturated heterocycles. The maximum atomic E-state index is 13.5. The van der Waals surface area contributed by atoms with E-state index in [2.05, 4.69) is 27.8 Å². The second-order valence-electron chi connectivity index (χ2n) is 4.66. The summed E-state index contributed by atoms with van der Waals surface area (Å²) in [4.78, 5) is 11.9. The summed E-state index contributed by atoms with van der Waals surface area (Å²) < 4.78 is 26.3. The van der Waals surface area contributed by atoms with E-state index >= 15 is 0 Å². The topological polar surface area (TPSA) is 66.9 Å². The molecular formula is C15H16F2N4O. The first-order chi connectivity index (χ1) is 10.6. The Balaban J connectivity index is 2.00. The van der Waals surface area contributed by atoms with Crippen molar-refractivity contribution >= 4 is 17.4 Å². The van der Waals surface area contributed by atoms with E-state index in [1.54, 1.807) is 6.07 Å². The molecule has 22 heavy (non-hydrogen) atoms. The predicted octanol–water partition coefficient (Wildman–Crippen LogP) is 3.22. The third-order valence-corrected chi connectivity index (χ3v) is 2.91. The third kappa shape index (κ3) is 4.21. The molecule has 0 bridgehead atoms. The van der Waals surface area contributed by atoms with Gasteiger partial charge < -0.3 is 10.6 Å². The number of carbonyl (C=O) groups is 1. The first-order valence-corrected chi connectivity index (χ1v) is 6.94. The molecule has 0 saturated carbocycles.